The van der Waals surface area contributed by atoms with Gasteiger partial charge in [0, 0.05) is 19.7 Å². The van der Waals surface area contributed by atoms with Gasteiger partial charge in [0.05, 0.1) is 17.3 Å². The van der Waals surface area contributed by atoms with Crippen LogP contribution in [0.4, 0.5) is 10.2 Å². The third-order valence-corrected chi connectivity index (χ3v) is 13.9. The third kappa shape index (κ3) is 3.72. The van der Waals surface area contributed by atoms with Crippen molar-refractivity contribution in [2.75, 3.05) is 5.32 Å². The van der Waals surface area contributed by atoms with Crippen molar-refractivity contribution in [3.8, 4) is 0 Å². The van der Waals surface area contributed by atoms with E-state index in [0.717, 1.165) is 56.1 Å². The van der Waals surface area contributed by atoms with Crippen LogP contribution in [0.5, 0.6) is 0 Å². The van der Waals surface area contributed by atoms with Crippen LogP contribution in [0.2, 0.25) is 0 Å². The maximum atomic E-state index is 14.2. The molecule has 1 amide bonds. The second kappa shape index (κ2) is 9.24. The smallest absolute Gasteiger partial charge is 0.235 e. The number of hydrogen-bond acceptors (Lipinski definition) is 4. The number of Topliss-reactive ketones (excluding diaryl/α,β-unsaturated/α-hetero) is 1. The Morgan fingerprint density at radius 3 is 2.39 bits per heavy atom. The van der Waals surface area contributed by atoms with E-state index in [0.29, 0.717) is 23.9 Å². The topological polar surface area (TPSA) is 73.2 Å². The second-order valence-corrected chi connectivity index (χ2v) is 16.1. The van der Waals surface area contributed by atoms with Gasteiger partial charge in [0.15, 0.2) is 5.78 Å². The minimum atomic E-state index is -0.778. The van der Waals surface area contributed by atoms with Gasteiger partial charge in [-0.1, -0.05) is 48.5 Å². The van der Waals surface area contributed by atoms with Gasteiger partial charge in [0.2, 0.25) is 5.91 Å². The number of halogens is 1. The highest BCUT2D eigenvalue weighted by molar-refractivity contribution is 6.09. The molecular formula is C34H50FN3O3. The predicted octanol–water partition coefficient (Wildman–Crippen LogP) is 7.61. The van der Waals surface area contributed by atoms with Gasteiger partial charge < -0.3 is 5.32 Å². The van der Waals surface area contributed by atoms with Crippen LogP contribution in [0.1, 0.15) is 106 Å². The van der Waals surface area contributed by atoms with Crippen LogP contribution in [0.3, 0.4) is 0 Å². The summed E-state index contributed by atoms with van der Waals surface area (Å²) in [7, 11) is 1.84. The zero-order valence-corrected chi connectivity index (χ0v) is 26.4. The van der Waals surface area contributed by atoms with E-state index in [2.05, 4.69) is 63.8 Å². The van der Waals surface area contributed by atoms with E-state index < -0.39 is 5.41 Å². The molecule has 226 valence electrons. The number of ketones is 1. The second-order valence-electron chi connectivity index (χ2n) is 16.1. The summed E-state index contributed by atoms with van der Waals surface area (Å²) in [6, 6.07) is 0. The van der Waals surface area contributed by atoms with E-state index in [1.165, 1.54) is 0 Å². The SMILES string of the molecule is CC(C)C1=C2[C@H]3CCC4C5(C)CC[C@H](OF)C(C)(C)C5CCC4(C)[C@]3(C)CC[C@@]2(C(=O)Nc2cnn(C)c2)CC1=O. The predicted molar refractivity (Wildman–Crippen MR) is 157 cm³/mol. The normalized spacial score (nSPS) is 43.3. The van der Waals surface area contributed by atoms with Crippen LogP contribution in [-0.4, -0.2) is 27.6 Å². The largest absolute Gasteiger partial charge is 0.323 e. The van der Waals surface area contributed by atoms with E-state index >= 15 is 0 Å². The van der Waals surface area contributed by atoms with Crippen molar-refractivity contribution in [3.05, 3.63) is 23.5 Å². The van der Waals surface area contributed by atoms with Crippen molar-refractivity contribution in [1.29, 1.82) is 0 Å². The molecule has 1 heterocycles. The van der Waals surface area contributed by atoms with Gasteiger partial charge in [-0.05, 0) is 112 Å². The Kier molecular flexibility index (Phi) is 6.55. The quantitative estimate of drug-likeness (QED) is 0.406. The Morgan fingerprint density at radius 2 is 1.76 bits per heavy atom. The molecule has 4 saturated carbocycles. The Balaban J connectivity index is 1.41. The molecular weight excluding hydrogens is 517 g/mol. The lowest BCUT2D eigenvalue weighted by Gasteiger charge is -2.72. The zero-order chi connectivity index (χ0) is 29.8. The Morgan fingerprint density at radius 1 is 1.02 bits per heavy atom. The van der Waals surface area contributed by atoms with Crippen molar-refractivity contribution in [1.82, 2.24) is 9.78 Å². The number of carbonyl (C=O) groups is 2. The molecule has 0 saturated heterocycles. The molecule has 5 aliphatic rings. The number of fused-ring (bicyclic) bond motifs is 7. The van der Waals surface area contributed by atoms with E-state index in [4.69, 9.17) is 0 Å². The number of amides is 1. The van der Waals surface area contributed by atoms with Crippen molar-refractivity contribution in [2.45, 2.75) is 112 Å². The number of hydrogen-bond donors (Lipinski definition) is 1. The van der Waals surface area contributed by atoms with Gasteiger partial charge in [0.25, 0.3) is 0 Å². The minimum absolute atomic E-state index is 0.0142. The summed E-state index contributed by atoms with van der Waals surface area (Å²) in [5.41, 5.74) is 1.96. The molecule has 0 aliphatic heterocycles. The first kappa shape index (κ1) is 29.1. The average molecular weight is 568 g/mol. The van der Waals surface area contributed by atoms with E-state index in [-0.39, 0.29) is 57.7 Å². The average Bonchev–Trinajstić information content (AvgIpc) is 3.44. The number of nitrogens with zero attached hydrogens (tertiary/aromatic N) is 2. The summed E-state index contributed by atoms with van der Waals surface area (Å²) in [4.78, 5) is 32.5. The lowest BCUT2D eigenvalue weighted by molar-refractivity contribution is -0.278. The van der Waals surface area contributed by atoms with Crippen molar-refractivity contribution < 1.29 is 19.1 Å². The number of aromatic nitrogens is 2. The summed E-state index contributed by atoms with van der Waals surface area (Å²) in [6.07, 6.45) is 11.1. The fourth-order valence-corrected chi connectivity index (χ4v) is 11.8. The molecule has 1 aromatic heterocycles. The van der Waals surface area contributed by atoms with Crippen LogP contribution in [0.25, 0.3) is 0 Å². The first-order valence-electron chi connectivity index (χ1n) is 16.0. The lowest BCUT2D eigenvalue weighted by Crippen LogP contribution is -2.66. The summed E-state index contributed by atoms with van der Waals surface area (Å²) in [6.45, 7) is 16.2. The van der Waals surface area contributed by atoms with Gasteiger partial charge in [-0.3, -0.25) is 14.3 Å². The van der Waals surface area contributed by atoms with Crippen LogP contribution >= 0.6 is 0 Å². The van der Waals surface area contributed by atoms with Crippen LogP contribution in [0, 0.1) is 50.7 Å². The van der Waals surface area contributed by atoms with Crippen LogP contribution in [-0.2, 0) is 21.6 Å². The fourth-order valence-electron chi connectivity index (χ4n) is 11.8. The maximum Gasteiger partial charge on any atom is 0.235 e. The third-order valence-electron chi connectivity index (χ3n) is 13.9. The molecule has 8 atom stereocenters. The molecule has 0 bridgehead atoms. The summed E-state index contributed by atoms with van der Waals surface area (Å²) in [5, 5.41) is 7.40. The van der Waals surface area contributed by atoms with E-state index in [1.54, 1.807) is 10.9 Å². The molecule has 4 unspecified atom stereocenters. The summed E-state index contributed by atoms with van der Waals surface area (Å²) in [5.74, 6) is 1.35. The fraction of sp³-hybridized carbons (Fsp3) is 0.794. The number of nitrogens with one attached hydrogen (secondary N) is 1. The highest BCUT2D eigenvalue weighted by Crippen LogP contribution is 2.76. The minimum Gasteiger partial charge on any atom is -0.323 e. The van der Waals surface area contributed by atoms with E-state index in [9.17, 15) is 14.1 Å². The molecule has 5 aliphatic carbocycles. The molecule has 0 radical (unpaired) electrons. The molecule has 7 heteroatoms. The molecule has 4 fully saturated rings. The molecule has 6 rings (SSSR count). The van der Waals surface area contributed by atoms with Gasteiger partial charge in [-0.15, -0.1) is 0 Å². The number of rotatable bonds is 4. The van der Waals surface area contributed by atoms with Gasteiger partial charge in [-0.25, -0.2) is 0 Å². The standard InChI is InChI=1S/C34H50FN3O3/c1-20(2)27-23(39)17-34(29(40)37-21-18-36-38(8)19-21)16-15-32(6)22(28(27)34)9-10-25-31(5)13-12-26(41-35)30(3,4)24(31)11-14-33(25,32)7/h18-20,22,24-26H,9-17H2,1-8H3,(H,37,40)/t22-,24?,25?,26+,31?,32-,33?,34-/m1/s1. The maximum absolute atomic E-state index is 14.2. The van der Waals surface area contributed by atoms with E-state index in [1.807, 2.05) is 13.2 Å². The van der Waals surface area contributed by atoms with Gasteiger partial charge in [-0.2, -0.15) is 10.0 Å². The first-order chi connectivity index (χ1) is 19.2. The van der Waals surface area contributed by atoms with Crippen LogP contribution in [0.15, 0.2) is 23.5 Å². The van der Waals surface area contributed by atoms with Crippen molar-refractivity contribution in [2.24, 2.45) is 57.8 Å². The zero-order valence-electron chi connectivity index (χ0n) is 26.4. The highest BCUT2D eigenvalue weighted by atomic mass is 19.3. The van der Waals surface area contributed by atoms with Crippen LogP contribution < -0.4 is 5.32 Å². The van der Waals surface area contributed by atoms with Crippen molar-refractivity contribution >= 4 is 17.4 Å². The van der Waals surface area contributed by atoms with Crippen molar-refractivity contribution in [3.63, 3.8) is 0 Å². The number of carbonyl (C=O) groups excluding carboxylic acids is 2. The molecule has 0 aromatic carbocycles. The highest BCUT2D eigenvalue weighted by Gasteiger charge is 2.71. The molecule has 41 heavy (non-hydrogen) atoms. The molecule has 1 aromatic rings. The Bertz CT molecular complexity index is 1300. The number of allylic oxidation sites excluding steroid dienone is 1. The first-order valence-corrected chi connectivity index (χ1v) is 16.0. The lowest BCUT2D eigenvalue weighted by atomic mass is 9.33. The molecule has 6 nitrogen and oxygen atoms in total. The monoisotopic (exact) mass is 567 g/mol. The van der Waals surface area contributed by atoms with Gasteiger partial charge in [0.1, 0.15) is 6.10 Å². The van der Waals surface area contributed by atoms with Gasteiger partial charge >= 0.3 is 0 Å². The molecule has 1 N–H and O–H groups in total. The number of aryl methyl sites for hydroxylation is 1. The molecule has 0 spiro atoms. The summed E-state index contributed by atoms with van der Waals surface area (Å²) >= 11 is 0. The Hall–Kier alpha value is -2.02. The Labute approximate surface area is 245 Å². The number of anilines is 1. The summed E-state index contributed by atoms with van der Waals surface area (Å²) < 4.78 is 15.4.